The molecule has 37 heavy (non-hydrogen) atoms. The highest BCUT2D eigenvalue weighted by Crippen LogP contribution is 2.36. The van der Waals surface area contributed by atoms with Crippen LogP contribution in [0.3, 0.4) is 0 Å². The Morgan fingerprint density at radius 1 is 1.27 bits per heavy atom. The van der Waals surface area contributed by atoms with Gasteiger partial charge in [-0.2, -0.15) is 9.78 Å². The lowest BCUT2D eigenvalue weighted by Gasteiger charge is -2.22. The topological polar surface area (TPSA) is 126 Å². The predicted octanol–water partition coefficient (Wildman–Crippen LogP) is 5.22. The third kappa shape index (κ3) is 6.14. The van der Waals surface area contributed by atoms with Gasteiger partial charge >= 0.3 is 11.7 Å². The summed E-state index contributed by atoms with van der Waals surface area (Å²) in [6.07, 6.45) is 6.03. The number of carbonyl (C=O) groups excluding carboxylic acids is 1. The van der Waals surface area contributed by atoms with Crippen molar-refractivity contribution in [1.29, 1.82) is 0 Å². The smallest absolute Gasteiger partial charge is 0.344 e. The SMILES string of the molecule is CC(C)OC(=O)COc1c(Cl)cc(C=Nn2c(C3CCCCC3)nc3ccccc3c2=O)cc1[N+](=O)[O-]. The van der Waals surface area contributed by atoms with E-state index in [1.807, 2.05) is 6.07 Å². The maximum atomic E-state index is 13.3. The summed E-state index contributed by atoms with van der Waals surface area (Å²) in [5.41, 5.74) is 0.133. The predicted molar refractivity (Wildman–Crippen MR) is 140 cm³/mol. The van der Waals surface area contributed by atoms with Gasteiger partial charge in [0, 0.05) is 17.5 Å². The number of para-hydroxylation sites is 1. The van der Waals surface area contributed by atoms with Crippen LogP contribution >= 0.6 is 11.6 Å². The molecule has 0 N–H and O–H groups in total. The number of nitro benzene ring substituents is 1. The highest BCUT2D eigenvalue weighted by Gasteiger charge is 2.24. The highest BCUT2D eigenvalue weighted by molar-refractivity contribution is 6.32. The van der Waals surface area contributed by atoms with Crippen molar-refractivity contribution in [3.05, 3.63) is 73.3 Å². The van der Waals surface area contributed by atoms with Crippen LogP contribution in [0.25, 0.3) is 10.9 Å². The molecule has 1 saturated carbocycles. The molecule has 0 radical (unpaired) electrons. The van der Waals surface area contributed by atoms with Gasteiger partial charge < -0.3 is 9.47 Å². The monoisotopic (exact) mass is 526 g/mol. The first-order valence-corrected chi connectivity index (χ1v) is 12.5. The molecule has 194 valence electrons. The molecule has 0 spiro atoms. The molecule has 0 saturated heterocycles. The minimum Gasteiger partial charge on any atom is -0.474 e. The number of hydrogen-bond donors (Lipinski definition) is 0. The molecule has 4 rings (SSSR count). The Balaban J connectivity index is 1.71. The molecule has 0 atom stereocenters. The summed E-state index contributed by atoms with van der Waals surface area (Å²) in [7, 11) is 0. The molecule has 3 aromatic rings. The number of aromatic nitrogens is 2. The maximum absolute atomic E-state index is 13.3. The van der Waals surface area contributed by atoms with Crippen LogP contribution in [-0.4, -0.2) is 39.5 Å². The minimum absolute atomic E-state index is 0.0792. The Bertz CT molecular complexity index is 1410. The zero-order valence-electron chi connectivity index (χ0n) is 20.6. The van der Waals surface area contributed by atoms with Crippen LogP contribution in [0.15, 0.2) is 46.3 Å². The van der Waals surface area contributed by atoms with Crippen molar-refractivity contribution >= 4 is 40.4 Å². The maximum Gasteiger partial charge on any atom is 0.344 e. The largest absolute Gasteiger partial charge is 0.474 e. The van der Waals surface area contributed by atoms with Crippen molar-refractivity contribution in [2.24, 2.45) is 5.10 Å². The molecule has 10 nitrogen and oxygen atoms in total. The van der Waals surface area contributed by atoms with Crippen LogP contribution in [0.4, 0.5) is 5.69 Å². The van der Waals surface area contributed by atoms with E-state index in [1.54, 1.807) is 32.0 Å². The number of carbonyl (C=O) groups is 1. The molecule has 0 bridgehead atoms. The fraction of sp³-hybridized carbons (Fsp3) is 0.385. The average molecular weight is 527 g/mol. The number of ether oxygens (including phenoxy) is 2. The molecule has 1 fully saturated rings. The Hall–Kier alpha value is -3.79. The molecule has 0 amide bonds. The lowest BCUT2D eigenvalue weighted by molar-refractivity contribution is -0.385. The van der Waals surface area contributed by atoms with E-state index in [0.29, 0.717) is 16.7 Å². The number of esters is 1. The minimum atomic E-state index is -0.676. The summed E-state index contributed by atoms with van der Waals surface area (Å²) in [4.78, 5) is 41.0. The second kappa shape index (κ2) is 11.5. The van der Waals surface area contributed by atoms with E-state index in [-0.39, 0.29) is 33.9 Å². The normalized spacial score (nSPS) is 14.4. The average Bonchev–Trinajstić information content (AvgIpc) is 2.87. The van der Waals surface area contributed by atoms with E-state index >= 15 is 0 Å². The van der Waals surface area contributed by atoms with Gasteiger partial charge in [0.15, 0.2) is 6.61 Å². The Morgan fingerprint density at radius 3 is 2.70 bits per heavy atom. The summed E-state index contributed by atoms with van der Waals surface area (Å²) in [6.45, 7) is 2.82. The first-order chi connectivity index (χ1) is 17.7. The van der Waals surface area contributed by atoms with Crippen LogP contribution in [0.5, 0.6) is 5.75 Å². The number of rotatable bonds is 8. The van der Waals surface area contributed by atoms with Gasteiger partial charge in [0.1, 0.15) is 5.82 Å². The van der Waals surface area contributed by atoms with Crippen LogP contribution in [0, 0.1) is 10.1 Å². The van der Waals surface area contributed by atoms with E-state index in [1.165, 1.54) is 23.0 Å². The van der Waals surface area contributed by atoms with E-state index in [2.05, 4.69) is 5.10 Å². The molecule has 11 heteroatoms. The highest BCUT2D eigenvalue weighted by atomic mass is 35.5. The van der Waals surface area contributed by atoms with E-state index in [9.17, 15) is 19.7 Å². The molecule has 2 aromatic carbocycles. The van der Waals surface area contributed by atoms with E-state index < -0.39 is 23.2 Å². The van der Waals surface area contributed by atoms with Crippen LogP contribution in [0.2, 0.25) is 5.02 Å². The van der Waals surface area contributed by atoms with Gasteiger partial charge in [-0.05, 0) is 44.9 Å². The number of halogens is 1. The zero-order chi connectivity index (χ0) is 26.5. The molecule has 1 heterocycles. The number of benzene rings is 2. The number of hydrogen-bond acceptors (Lipinski definition) is 8. The summed E-state index contributed by atoms with van der Waals surface area (Å²) in [6, 6.07) is 9.73. The van der Waals surface area contributed by atoms with Crippen molar-refractivity contribution in [1.82, 2.24) is 9.66 Å². The molecule has 1 aromatic heterocycles. The Morgan fingerprint density at radius 2 is 2.00 bits per heavy atom. The van der Waals surface area contributed by atoms with Gasteiger partial charge in [-0.15, -0.1) is 0 Å². The van der Waals surface area contributed by atoms with Crippen molar-refractivity contribution in [3.63, 3.8) is 0 Å². The van der Waals surface area contributed by atoms with E-state index in [0.717, 1.165) is 32.1 Å². The summed E-state index contributed by atoms with van der Waals surface area (Å²) >= 11 is 6.29. The van der Waals surface area contributed by atoms with Gasteiger partial charge in [-0.3, -0.25) is 14.9 Å². The molecular weight excluding hydrogens is 500 g/mol. The summed E-state index contributed by atoms with van der Waals surface area (Å²) in [5.74, 6) is -0.271. The molecule has 1 aliphatic carbocycles. The lowest BCUT2D eigenvalue weighted by Crippen LogP contribution is -2.25. The standard InChI is InChI=1S/C26H27ClN4O6/c1-16(2)37-23(32)15-36-24-20(27)12-17(13-22(24)31(34)35)14-28-30-25(18-8-4-3-5-9-18)29-21-11-7-6-10-19(21)26(30)33/h6-7,10-14,16,18H,3-5,8-9,15H2,1-2H3. The van der Waals surface area contributed by atoms with Crippen LogP contribution in [0.1, 0.15) is 63.3 Å². The Labute approximate surface area is 218 Å². The van der Waals surface area contributed by atoms with Crippen molar-refractivity contribution in [2.45, 2.75) is 58.0 Å². The van der Waals surface area contributed by atoms with Gasteiger partial charge in [0.05, 0.1) is 33.2 Å². The second-order valence-electron chi connectivity index (χ2n) is 9.12. The van der Waals surface area contributed by atoms with Gasteiger partial charge in [-0.25, -0.2) is 9.78 Å². The van der Waals surface area contributed by atoms with Gasteiger partial charge in [-0.1, -0.05) is 43.0 Å². The Kier molecular flexibility index (Phi) is 8.17. The van der Waals surface area contributed by atoms with Crippen LogP contribution in [-0.2, 0) is 9.53 Å². The number of nitrogens with zero attached hydrogens (tertiary/aromatic N) is 4. The fourth-order valence-electron chi connectivity index (χ4n) is 4.38. The first kappa shape index (κ1) is 26.3. The number of fused-ring (bicyclic) bond motifs is 1. The first-order valence-electron chi connectivity index (χ1n) is 12.1. The lowest BCUT2D eigenvalue weighted by atomic mass is 9.88. The molecule has 0 aliphatic heterocycles. The summed E-state index contributed by atoms with van der Waals surface area (Å²) in [5, 5.41) is 16.5. The third-order valence-corrected chi connectivity index (χ3v) is 6.30. The van der Waals surface area contributed by atoms with E-state index in [4.69, 9.17) is 26.1 Å². The number of nitro groups is 1. The quantitative estimate of drug-likeness (QED) is 0.170. The van der Waals surface area contributed by atoms with Crippen molar-refractivity contribution < 1.29 is 19.2 Å². The molecular formula is C26H27ClN4O6. The zero-order valence-corrected chi connectivity index (χ0v) is 21.3. The van der Waals surface area contributed by atoms with Gasteiger partial charge in [0.2, 0.25) is 5.75 Å². The summed E-state index contributed by atoms with van der Waals surface area (Å²) < 4.78 is 11.6. The second-order valence-corrected chi connectivity index (χ2v) is 9.53. The molecule has 0 unspecified atom stereocenters. The fourth-order valence-corrected chi connectivity index (χ4v) is 4.66. The van der Waals surface area contributed by atoms with Crippen molar-refractivity contribution in [2.75, 3.05) is 6.61 Å². The van der Waals surface area contributed by atoms with Crippen molar-refractivity contribution in [3.8, 4) is 5.75 Å². The molecule has 1 aliphatic rings. The van der Waals surface area contributed by atoms with Gasteiger partial charge in [0.25, 0.3) is 5.56 Å². The third-order valence-electron chi connectivity index (χ3n) is 6.02. The van der Waals surface area contributed by atoms with Crippen LogP contribution < -0.4 is 10.3 Å².